The molecule has 23 heavy (non-hydrogen) atoms. The van der Waals surface area contributed by atoms with Gasteiger partial charge in [-0.25, -0.2) is 4.98 Å². The molecule has 0 saturated heterocycles. The lowest BCUT2D eigenvalue weighted by Gasteiger charge is -2.19. The summed E-state index contributed by atoms with van der Waals surface area (Å²) in [4.78, 5) is 18.2. The fourth-order valence-corrected chi connectivity index (χ4v) is 3.64. The second-order valence-corrected chi connectivity index (χ2v) is 6.84. The Hall–Kier alpha value is -1.95. The smallest absolute Gasteiger partial charge is 0.246 e. The first-order valence-electron chi connectivity index (χ1n) is 8.10. The normalized spacial score (nSPS) is 15.0. The predicted octanol–water partition coefficient (Wildman–Crippen LogP) is 3.21. The molecule has 0 bridgehead atoms. The number of aromatic nitrogens is 3. The standard InChI is InChI=1S/C17H22N4OS/c1-2-17(22)20(10-8-16-18-9-12-23-16)13-14-7-11-21(19-14)15-5-3-4-6-15/h2,7,9,11-12,15H,1,3-6,8,10,13H2. The molecule has 0 N–H and O–H groups in total. The van der Waals surface area contributed by atoms with Crippen molar-refractivity contribution in [2.24, 2.45) is 0 Å². The van der Waals surface area contributed by atoms with E-state index in [0.29, 0.717) is 19.1 Å². The number of carbonyl (C=O) groups excluding carboxylic acids is 1. The highest BCUT2D eigenvalue weighted by atomic mass is 32.1. The average molecular weight is 330 g/mol. The Labute approximate surface area is 140 Å². The summed E-state index contributed by atoms with van der Waals surface area (Å²) in [5, 5.41) is 7.67. The quantitative estimate of drug-likeness (QED) is 0.733. The number of hydrogen-bond donors (Lipinski definition) is 0. The minimum Gasteiger partial charge on any atom is -0.333 e. The van der Waals surface area contributed by atoms with Crippen molar-refractivity contribution in [3.8, 4) is 0 Å². The first kappa shape index (κ1) is 15.9. The third-order valence-electron chi connectivity index (χ3n) is 4.28. The topological polar surface area (TPSA) is 51.0 Å². The Morgan fingerprint density at radius 1 is 1.48 bits per heavy atom. The van der Waals surface area contributed by atoms with E-state index in [0.717, 1.165) is 17.1 Å². The van der Waals surface area contributed by atoms with E-state index in [2.05, 4.69) is 21.3 Å². The van der Waals surface area contributed by atoms with Crippen LogP contribution in [0.2, 0.25) is 0 Å². The molecule has 0 radical (unpaired) electrons. The maximum atomic E-state index is 12.1. The van der Waals surface area contributed by atoms with Gasteiger partial charge in [0, 0.05) is 30.7 Å². The first-order valence-corrected chi connectivity index (χ1v) is 8.98. The van der Waals surface area contributed by atoms with E-state index in [9.17, 15) is 4.79 Å². The first-order chi connectivity index (χ1) is 11.3. The summed E-state index contributed by atoms with van der Waals surface area (Å²) >= 11 is 1.62. The number of nitrogens with zero attached hydrogens (tertiary/aromatic N) is 4. The summed E-state index contributed by atoms with van der Waals surface area (Å²) in [6, 6.07) is 2.55. The van der Waals surface area contributed by atoms with Crippen LogP contribution in [0.1, 0.15) is 42.4 Å². The highest BCUT2D eigenvalue weighted by Gasteiger charge is 2.19. The van der Waals surface area contributed by atoms with Gasteiger partial charge >= 0.3 is 0 Å². The zero-order valence-electron chi connectivity index (χ0n) is 13.2. The summed E-state index contributed by atoms with van der Waals surface area (Å²) in [5.41, 5.74) is 0.936. The second-order valence-electron chi connectivity index (χ2n) is 5.87. The summed E-state index contributed by atoms with van der Waals surface area (Å²) in [5.74, 6) is -0.0584. The van der Waals surface area contributed by atoms with Crippen LogP contribution in [0, 0.1) is 0 Å². The second kappa shape index (κ2) is 7.55. The molecule has 1 saturated carbocycles. The van der Waals surface area contributed by atoms with Gasteiger partial charge in [-0.2, -0.15) is 5.10 Å². The van der Waals surface area contributed by atoms with E-state index in [-0.39, 0.29) is 5.91 Å². The number of hydrogen-bond acceptors (Lipinski definition) is 4. The number of thiazole rings is 1. The zero-order chi connectivity index (χ0) is 16.1. The minimum absolute atomic E-state index is 0.0584. The molecule has 0 unspecified atom stereocenters. The Bertz CT molecular complexity index is 643. The van der Waals surface area contributed by atoms with E-state index < -0.39 is 0 Å². The zero-order valence-corrected chi connectivity index (χ0v) is 14.0. The van der Waals surface area contributed by atoms with Crippen LogP contribution in [0.25, 0.3) is 0 Å². The lowest BCUT2D eigenvalue weighted by Crippen LogP contribution is -2.31. The van der Waals surface area contributed by atoms with Crippen LogP contribution in [0.4, 0.5) is 0 Å². The van der Waals surface area contributed by atoms with Crippen LogP contribution in [0.3, 0.4) is 0 Å². The molecule has 2 aromatic rings. The van der Waals surface area contributed by atoms with Crippen molar-refractivity contribution in [2.75, 3.05) is 6.54 Å². The van der Waals surface area contributed by atoms with Crippen molar-refractivity contribution in [3.63, 3.8) is 0 Å². The lowest BCUT2D eigenvalue weighted by molar-refractivity contribution is -0.126. The molecule has 6 heteroatoms. The van der Waals surface area contributed by atoms with E-state index in [1.807, 2.05) is 17.6 Å². The van der Waals surface area contributed by atoms with Gasteiger partial charge in [0.05, 0.1) is 23.3 Å². The molecule has 2 heterocycles. The molecule has 0 atom stereocenters. The van der Waals surface area contributed by atoms with Crippen molar-refractivity contribution >= 4 is 17.2 Å². The highest BCUT2D eigenvalue weighted by molar-refractivity contribution is 7.09. The van der Waals surface area contributed by atoms with Crippen LogP contribution in [0.5, 0.6) is 0 Å². The lowest BCUT2D eigenvalue weighted by atomic mass is 10.3. The molecule has 0 spiro atoms. The summed E-state index contributed by atoms with van der Waals surface area (Å²) < 4.78 is 2.07. The highest BCUT2D eigenvalue weighted by Crippen LogP contribution is 2.28. The molecular weight excluding hydrogens is 308 g/mol. The Morgan fingerprint density at radius 2 is 2.30 bits per heavy atom. The van der Waals surface area contributed by atoms with Gasteiger partial charge in [-0.3, -0.25) is 9.48 Å². The average Bonchev–Trinajstić information content (AvgIpc) is 3.32. The third kappa shape index (κ3) is 4.07. The molecule has 1 aliphatic carbocycles. The van der Waals surface area contributed by atoms with Crippen molar-refractivity contribution in [3.05, 3.63) is 47.2 Å². The maximum absolute atomic E-state index is 12.1. The Balaban J connectivity index is 1.63. The fraction of sp³-hybridized carbons (Fsp3) is 0.471. The molecule has 1 fully saturated rings. The van der Waals surface area contributed by atoms with Gasteiger partial charge in [0.15, 0.2) is 0 Å². The molecule has 3 rings (SSSR count). The van der Waals surface area contributed by atoms with E-state index in [1.54, 1.807) is 22.4 Å². The summed E-state index contributed by atoms with van der Waals surface area (Å²) in [7, 11) is 0. The monoisotopic (exact) mass is 330 g/mol. The van der Waals surface area contributed by atoms with Crippen LogP contribution in [-0.2, 0) is 17.8 Å². The van der Waals surface area contributed by atoms with Gasteiger partial charge in [-0.05, 0) is 25.0 Å². The Morgan fingerprint density at radius 3 is 3.00 bits per heavy atom. The SMILES string of the molecule is C=CC(=O)N(CCc1nccs1)Cc1ccn(C2CCCC2)n1. The number of carbonyl (C=O) groups is 1. The van der Waals surface area contributed by atoms with Gasteiger partial charge in [0.2, 0.25) is 5.91 Å². The van der Waals surface area contributed by atoms with E-state index in [4.69, 9.17) is 0 Å². The van der Waals surface area contributed by atoms with Crippen LogP contribution in [-0.4, -0.2) is 32.1 Å². The molecule has 5 nitrogen and oxygen atoms in total. The number of rotatable bonds is 7. The van der Waals surface area contributed by atoms with E-state index in [1.165, 1.54) is 31.8 Å². The fourth-order valence-electron chi connectivity index (χ4n) is 3.03. The van der Waals surface area contributed by atoms with Gasteiger partial charge in [0.25, 0.3) is 0 Å². The predicted molar refractivity (Wildman–Crippen MR) is 91.2 cm³/mol. The minimum atomic E-state index is -0.0584. The van der Waals surface area contributed by atoms with Crippen molar-refractivity contribution in [1.29, 1.82) is 0 Å². The molecule has 0 aromatic carbocycles. The largest absolute Gasteiger partial charge is 0.333 e. The van der Waals surface area contributed by atoms with Crippen LogP contribution >= 0.6 is 11.3 Å². The molecule has 1 amide bonds. The van der Waals surface area contributed by atoms with Gasteiger partial charge in [-0.15, -0.1) is 11.3 Å². The molecule has 2 aromatic heterocycles. The molecule has 0 aliphatic heterocycles. The van der Waals surface area contributed by atoms with Gasteiger partial charge in [0.1, 0.15) is 0 Å². The maximum Gasteiger partial charge on any atom is 0.246 e. The molecular formula is C17H22N4OS. The third-order valence-corrected chi connectivity index (χ3v) is 5.12. The van der Waals surface area contributed by atoms with Crippen molar-refractivity contribution in [2.45, 2.75) is 44.7 Å². The van der Waals surface area contributed by atoms with E-state index >= 15 is 0 Å². The van der Waals surface area contributed by atoms with Gasteiger partial charge < -0.3 is 4.90 Å². The van der Waals surface area contributed by atoms with Crippen molar-refractivity contribution < 1.29 is 4.79 Å². The van der Waals surface area contributed by atoms with Gasteiger partial charge in [-0.1, -0.05) is 19.4 Å². The summed E-state index contributed by atoms with van der Waals surface area (Å²) in [6.07, 6.45) is 11.0. The molecule has 122 valence electrons. The van der Waals surface area contributed by atoms with Crippen molar-refractivity contribution in [1.82, 2.24) is 19.7 Å². The summed E-state index contributed by atoms with van der Waals surface area (Å²) in [6.45, 7) is 4.76. The number of amides is 1. The van der Waals surface area contributed by atoms with Crippen LogP contribution < -0.4 is 0 Å². The molecule has 1 aliphatic rings. The Kier molecular flexibility index (Phi) is 5.23. The van der Waals surface area contributed by atoms with Crippen LogP contribution in [0.15, 0.2) is 36.5 Å².